The summed E-state index contributed by atoms with van der Waals surface area (Å²) in [5.41, 5.74) is 0.335. The lowest BCUT2D eigenvalue weighted by Gasteiger charge is -2.01. The molecule has 6 heteroatoms. The number of amides is 1. The van der Waals surface area contributed by atoms with Crippen molar-refractivity contribution in [1.29, 1.82) is 0 Å². The fourth-order valence-electron chi connectivity index (χ4n) is 1.17. The molecule has 16 heavy (non-hydrogen) atoms. The van der Waals surface area contributed by atoms with E-state index in [0.29, 0.717) is 12.2 Å². The van der Waals surface area contributed by atoms with Gasteiger partial charge in [0.05, 0.1) is 11.2 Å². The molecule has 0 saturated heterocycles. The molecule has 0 aliphatic rings. The molecule has 0 aliphatic carbocycles. The molecule has 2 heterocycles. The van der Waals surface area contributed by atoms with Gasteiger partial charge in [-0.15, -0.1) is 11.3 Å². The number of aromatic nitrogens is 3. The van der Waals surface area contributed by atoms with Crippen LogP contribution in [0.25, 0.3) is 0 Å². The topological polar surface area (TPSA) is 67.8 Å². The quantitative estimate of drug-likeness (QED) is 0.853. The van der Waals surface area contributed by atoms with Gasteiger partial charge in [-0.2, -0.15) is 0 Å². The van der Waals surface area contributed by atoms with E-state index in [2.05, 4.69) is 20.3 Å². The van der Waals surface area contributed by atoms with Crippen molar-refractivity contribution in [2.45, 2.75) is 6.42 Å². The van der Waals surface area contributed by atoms with Crippen LogP contribution in [0.15, 0.2) is 30.2 Å². The highest BCUT2D eigenvalue weighted by Crippen LogP contribution is 2.03. The van der Waals surface area contributed by atoms with Crippen molar-refractivity contribution in [3.05, 3.63) is 40.9 Å². The zero-order valence-corrected chi connectivity index (χ0v) is 9.28. The van der Waals surface area contributed by atoms with E-state index in [9.17, 15) is 4.79 Å². The Balaban J connectivity index is 1.81. The Bertz CT molecular complexity index is 443. The highest BCUT2D eigenvalue weighted by atomic mass is 32.1. The molecule has 0 aliphatic heterocycles. The first kappa shape index (κ1) is 10.7. The molecule has 0 aromatic carbocycles. The van der Waals surface area contributed by atoms with Crippen molar-refractivity contribution < 1.29 is 4.79 Å². The SMILES string of the molecule is O=C(NCCc1nccs1)c1cnccn1. The molecule has 0 fully saturated rings. The van der Waals surface area contributed by atoms with Gasteiger partial charge < -0.3 is 5.32 Å². The van der Waals surface area contributed by atoms with Gasteiger partial charge in [-0.1, -0.05) is 0 Å². The number of carbonyl (C=O) groups is 1. The predicted octanol–water partition coefficient (Wildman–Crippen LogP) is 0.906. The van der Waals surface area contributed by atoms with Crippen LogP contribution in [0.5, 0.6) is 0 Å². The molecule has 0 radical (unpaired) electrons. The zero-order valence-electron chi connectivity index (χ0n) is 8.46. The molecule has 5 nitrogen and oxygen atoms in total. The fourth-order valence-corrected chi connectivity index (χ4v) is 1.79. The van der Waals surface area contributed by atoms with E-state index < -0.39 is 0 Å². The maximum absolute atomic E-state index is 11.5. The van der Waals surface area contributed by atoms with Gasteiger partial charge in [-0.25, -0.2) is 9.97 Å². The summed E-state index contributed by atoms with van der Waals surface area (Å²) in [7, 11) is 0. The monoisotopic (exact) mass is 234 g/mol. The third-order valence-corrected chi connectivity index (χ3v) is 2.74. The number of thiazole rings is 1. The van der Waals surface area contributed by atoms with Gasteiger partial charge >= 0.3 is 0 Å². The Kier molecular flexibility index (Phi) is 3.55. The molecule has 0 bridgehead atoms. The van der Waals surface area contributed by atoms with Crippen LogP contribution in [-0.2, 0) is 6.42 Å². The lowest BCUT2D eigenvalue weighted by Crippen LogP contribution is -2.26. The Morgan fingerprint density at radius 2 is 2.25 bits per heavy atom. The third kappa shape index (κ3) is 2.83. The molecule has 2 aromatic rings. The van der Waals surface area contributed by atoms with Gasteiger partial charge in [0, 0.05) is 36.9 Å². The van der Waals surface area contributed by atoms with Crippen molar-refractivity contribution in [2.24, 2.45) is 0 Å². The molecule has 0 saturated carbocycles. The highest BCUT2D eigenvalue weighted by Gasteiger charge is 2.05. The summed E-state index contributed by atoms with van der Waals surface area (Å²) in [5, 5.41) is 5.69. The lowest BCUT2D eigenvalue weighted by atomic mass is 10.4. The predicted molar refractivity (Wildman–Crippen MR) is 60.2 cm³/mol. The summed E-state index contributed by atoms with van der Waals surface area (Å²) in [6.45, 7) is 0.558. The van der Waals surface area contributed by atoms with E-state index in [-0.39, 0.29) is 5.91 Å². The van der Waals surface area contributed by atoms with Crippen LogP contribution < -0.4 is 5.32 Å². The van der Waals surface area contributed by atoms with Crippen LogP contribution in [0.2, 0.25) is 0 Å². The number of nitrogens with zero attached hydrogens (tertiary/aromatic N) is 3. The average molecular weight is 234 g/mol. The molecule has 82 valence electrons. The van der Waals surface area contributed by atoms with Gasteiger partial charge in [0.15, 0.2) is 0 Å². The van der Waals surface area contributed by atoms with Crippen LogP contribution in [0.3, 0.4) is 0 Å². The Hall–Kier alpha value is -1.82. The molecule has 0 spiro atoms. The standard InChI is InChI=1S/C10H10N4OS/c15-10(8-7-11-3-4-12-8)14-2-1-9-13-5-6-16-9/h3-7H,1-2H2,(H,14,15). The summed E-state index contributed by atoms with van der Waals surface area (Å²) in [5.74, 6) is -0.204. The fraction of sp³-hybridized carbons (Fsp3) is 0.200. The van der Waals surface area contributed by atoms with Gasteiger partial charge in [0.25, 0.3) is 5.91 Å². The maximum atomic E-state index is 11.5. The molecule has 0 unspecified atom stereocenters. The van der Waals surface area contributed by atoms with E-state index in [0.717, 1.165) is 11.4 Å². The summed E-state index contributed by atoms with van der Waals surface area (Å²) in [4.78, 5) is 23.4. The van der Waals surface area contributed by atoms with Gasteiger partial charge in [0.1, 0.15) is 5.69 Å². The zero-order chi connectivity index (χ0) is 11.2. The minimum Gasteiger partial charge on any atom is -0.350 e. The third-order valence-electron chi connectivity index (χ3n) is 1.90. The molecular weight excluding hydrogens is 224 g/mol. The van der Waals surface area contributed by atoms with E-state index >= 15 is 0 Å². The second-order valence-electron chi connectivity index (χ2n) is 3.02. The minimum atomic E-state index is -0.204. The van der Waals surface area contributed by atoms with E-state index in [1.165, 1.54) is 18.6 Å². The number of nitrogens with one attached hydrogen (secondary N) is 1. The number of rotatable bonds is 4. The van der Waals surface area contributed by atoms with Crippen molar-refractivity contribution in [3.8, 4) is 0 Å². The summed E-state index contributed by atoms with van der Waals surface area (Å²) >= 11 is 1.58. The van der Waals surface area contributed by atoms with E-state index in [4.69, 9.17) is 0 Å². The largest absolute Gasteiger partial charge is 0.350 e. The van der Waals surface area contributed by atoms with E-state index in [1.807, 2.05) is 5.38 Å². The second-order valence-corrected chi connectivity index (χ2v) is 4.00. The molecular formula is C10H10N4OS. The van der Waals surface area contributed by atoms with Crippen molar-refractivity contribution in [2.75, 3.05) is 6.54 Å². The van der Waals surface area contributed by atoms with Gasteiger partial charge in [-0.05, 0) is 0 Å². The lowest BCUT2D eigenvalue weighted by molar-refractivity contribution is 0.0949. The van der Waals surface area contributed by atoms with Crippen LogP contribution in [0.1, 0.15) is 15.5 Å². The number of hydrogen-bond acceptors (Lipinski definition) is 5. The number of carbonyl (C=O) groups excluding carboxylic acids is 1. The highest BCUT2D eigenvalue weighted by molar-refractivity contribution is 7.09. The van der Waals surface area contributed by atoms with Crippen LogP contribution in [-0.4, -0.2) is 27.4 Å². The minimum absolute atomic E-state index is 0.204. The second kappa shape index (κ2) is 5.32. The normalized spacial score (nSPS) is 10.0. The first-order valence-electron chi connectivity index (χ1n) is 4.79. The molecule has 2 rings (SSSR count). The van der Waals surface area contributed by atoms with Crippen molar-refractivity contribution in [3.63, 3.8) is 0 Å². The smallest absolute Gasteiger partial charge is 0.271 e. The first-order valence-corrected chi connectivity index (χ1v) is 5.67. The average Bonchev–Trinajstić information content (AvgIpc) is 2.83. The van der Waals surface area contributed by atoms with Crippen LogP contribution in [0.4, 0.5) is 0 Å². The Labute approximate surface area is 96.6 Å². The maximum Gasteiger partial charge on any atom is 0.271 e. The summed E-state index contributed by atoms with van der Waals surface area (Å²) < 4.78 is 0. The van der Waals surface area contributed by atoms with Crippen molar-refractivity contribution in [1.82, 2.24) is 20.3 Å². The summed E-state index contributed by atoms with van der Waals surface area (Å²) in [6.07, 6.45) is 6.97. The molecule has 1 amide bonds. The van der Waals surface area contributed by atoms with Gasteiger partial charge in [-0.3, -0.25) is 9.78 Å². The van der Waals surface area contributed by atoms with Crippen molar-refractivity contribution >= 4 is 17.2 Å². The molecule has 1 N–H and O–H groups in total. The Morgan fingerprint density at radius 3 is 2.94 bits per heavy atom. The molecule has 0 atom stereocenters. The van der Waals surface area contributed by atoms with E-state index in [1.54, 1.807) is 17.5 Å². The Morgan fingerprint density at radius 1 is 1.31 bits per heavy atom. The van der Waals surface area contributed by atoms with Crippen LogP contribution in [0, 0.1) is 0 Å². The number of hydrogen-bond donors (Lipinski definition) is 1. The first-order chi connectivity index (χ1) is 7.86. The van der Waals surface area contributed by atoms with Gasteiger partial charge in [0.2, 0.25) is 0 Å². The summed E-state index contributed by atoms with van der Waals surface area (Å²) in [6, 6.07) is 0. The molecule has 2 aromatic heterocycles. The van der Waals surface area contributed by atoms with Crippen LogP contribution >= 0.6 is 11.3 Å².